The van der Waals surface area contributed by atoms with Crippen LogP contribution in [0.3, 0.4) is 0 Å². The van der Waals surface area contributed by atoms with Gasteiger partial charge in [0.15, 0.2) is 0 Å². The van der Waals surface area contributed by atoms with Crippen molar-refractivity contribution < 1.29 is 10.0 Å². The molecule has 0 aromatic carbocycles. The lowest BCUT2D eigenvalue weighted by Crippen LogP contribution is -2.22. The first-order valence-electron chi connectivity index (χ1n) is 7.17. The number of hydrogen-bond acceptors (Lipinski definition) is 6. The van der Waals surface area contributed by atoms with Crippen LogP contribution in [0.4, 0.5) is 17.2 Å². The minimum absolute atomic E-state index is 0.0656. The van der Waals surface area contributed by atoms with Crippen molar-refractivity contribution in [2.24, 2.45) is 0 Å². The lowest BCUT2D eigenvalue weighted by Gasteiger charge is -2.24. The summed E-state index contributed by atoms with van der Waals surface area (Å²) in [6.45, 7) is 3.56. The molecule has 0 saturated carbocycles. The Morgan fingerprint density at radius 1 is 1.29 bits per heavy atom. The molecular weight excluding hydrogens is 355 g/mol. The number of nitro groups is 1. The zero-order valence-electron chi connectivity index (χ0n) is 13.2. The Bertz CT molecular complexity index is 753. The number of aliphatic hydroxyl groups excluding tert-OH is 1. The highest BCUT2D eigenvalue weighted by Gasteiger charge is 2.28. The molecule has 0 amide bonds. The Hall–Kier alpha value is -1.96. The fraction of sp³-hybridized carbons (Fsp3) is 0.333. The monoisotopic (exact) mass is 370 g/mol. The van der Waals surface area contributed by atoms with E-state index < -0.39 is 4.92 Å². The van der Waals surface area contributed by atoms with E-state index in [1.165, 1.54) is 6.20 Å². The summed E-state index contributed by atoms with van der Waals surface area (Å²) in [6, 6.07) is 3.26. The van der Waals surface area contributed by atoms with Crippen molar-refractivity contribution >= 4 is 40.4 Å². The van der Waals surface area contributed by atoms with E-state index in [4.69, 9.17) is 28.3 Å². The highest BCUT2D eigenvalue weighted by molar-refractivity contribution is 6.30. The third-order valence-corrected chi connectivity index (χ3v) is 4.24. The molecule has 2 aromatic rings. The van der Waals surface area contributed by atoms with Crippen LogP contribution in [0, 0.1) is 24.0 Å². The second-order valence-electron chi connectivity index (χ2n) is 5.15. The van der Waals surface area contributed by atoms with E-state index in [9.17, 15) is 10.1 Å². The number of anilines is 2. The minimum Gasteiger partial charge on any atom is -0.396 e. The molecule has 1 N–H and O–H groups in total. The lowest BCUT2D eigenvalue weighted by molar-refractivity contribution is -0.384. The number of nitrogens with zero attached hydrogens (tertiary/aromatic N) is 4. The standard InChI is InChI=1S/C15H16Cl2N4O3/c1-9-10(2)14(17)19-15(13(9)21(23)24)20(6-3-7-22)11-4-5-12(16)18-8-11/h4-5,8,22H,3,6-7H2,1-2H3. The summed E-state index contributed by atoms with van der Waals surface area (Å²) in [5.41, 5.74) is 1.46. The number of rotatable bonds is 6. The molecule has 24 heavy (non-hydrogen) atoms. The highest BCUT2D eigenvalue weighted by Crippen LogP contribution is 2.38. The van der Waals surface area contributed by atoms with Crippen molar-refractivity contribution in [2.45, 2.75) is 20.3 Å². The maximum Gasteiger partial charge on any atom is 0.315 e. The number of aliphatic hydroxyl groups is 1. The number of pyridine rings is 2. The molecule has 0 unspecified atom stereocenters. The first-order valence-corrected chi connectivity index (χ1v) is 7.93. The Balaban J connectivity index is 2.65. The SMILES string of the molecule is Cc1c(Cl)nc(N(CCCO)c2ccc(Cl)nc2)c([N+](=O)[O-])c1C. The number of aromatic nitrogens is 2. The van der Waals surface area contributed by atoms with Crippen molar-refractivity contribution in [3.63, 3.8) is 0 Å². The van der Waals surface area contributed by atoms with Gasteiger partial charge >= 0.3 is 5.69 Å². The van der Waals surface area contributed by atoms with E-state index in [0.29, 0.717) is 34.9 Å². The average Bonchev–Trinajstić information content (AvgIpc) is 2.54. The maximum atomic E-state index is 11.6. The van der Waals surface area contributed by atoms with Gasteiger partial charge in [0, 0.05) is 18.7 Å². The van der Waals surface area contributed by atoms with Gasteiger partial charge in [-0.1, -0.05) is 23.2 Å². The molecule has 0 fully saturated rings. The molecule has 128 valence electrons. The van der Waals surface area contributed by atoms with Gasteiger partial charge < -0.3 is 10.0 Å². The molecule has 2 rings (SSSR count). The van der Waals surface area contributed by atoms with Crippen molar-refractivity contribution in [1.82, 2.24) is 9.97 Å². The molecule has 0 aliphatic heterocycles. The third kappa shape index (κ3) is 3.75. The Morgan fingerprint density at radius 2 is 2.00 bits per heavy atom. The molecule has 0 bridgehead atoms. The highest BCUT2D eigenvalue weighted by atomic mass is 35.5. The summed E-state index contributed by atoms with van der Waals surface area (Å²) >= 11 is 11.9. The summed E-state index contributed by atoms with van der Waals surface area (Å²) in [4.78, 5) is 20.9. The van der Waals surface area contributed by atoms with Crippen LogP contribution >= 0.6 is 23.2 Å². The second-order valence-corrected chi connectivity index (χ2v) is 5.90. The topological polar surface area (TPSA) is 92.4 Å². The molecule has 0 aliphatic carbocycles. The van der Waals surface area contributed by atoms with E-state index >= 15 is 0 Å². The van der Waals surface area contributed by atoms with Gasteiger partial charge in [-0.05, 0) is 38.0 Å². The molecule has 0 saturated heterocycles. The van der Waals surface area contributed by atoms with Crippen molar-refractivity contribution in [3.8, 4) is 0 Å². The molecule has 7 nitrogen and oxygen atoms in total. The van der Waals surface area contributed by atoms with Crippen LogP contribution < -0.4 is 4.90 Å². The van der Waals surface area contributed by atoms with Gasteiger partial charge in [0.2, 0.25) is 5.82 Å². The van der Waals surface area contributed by atoms with Crippen molar-refractivity contribution in [1.29, 1.82) is 0 Å². The summed E-state index contributed by atoms with van der Waals surface area (Å²) in [6.07, 6.45) is 1.89. The van der Waals surface area contributed by atoms with Gasteiger partial charge in [-0.15, -0.1) is 0 Å². The van der Waals surface area contributed by atoms with Crippen molar-refractivity contribution in [3.05, 3.63) is 49.9 Å². The van der Waals surface area contributed by atoms with Crippen LogP contribution in [0.15, 0.2) is 18.3 Å². The van der Waals surface area contributed by atoms with Gasteiger partial charge in [0.1, 0.15) is 10.3 Å². The molecule has 0 spiro atoms. The predicted octanol–water partition coefficient (Wildman–Crippen LogP) is 3.83. The number of halogens is 2. The van der Waals surface area contributed by atoms with Gasteiger partial charge in [-0.2, -0.15) is 0 Å². The molecule has 9 heteroatoms. The first-order chi connectivity index (χ1) is 11.4. The Labute approximate surface area is 149 Å². The summed E-state index contributed by atoms with van der Waals surface area (Å²) in [5.74, 6) is 0.116. The fourth-order valence-corrected chi connectivity index (χ4v) is 2.58. The van der Waals surface area contributed by atoms with E-state index in [0.717, 1.165) is 0 Å². The van der Waals surface area contributed by atoms with Gasteiger partial charge in [-0.25, -0.2) is 9.97 Å². The minimum atomic E-state index is -0.476. The first kappa shape index (κ1) is 18.4. The largest absolute Gasteiger partial charge is 0.396 e. The summed E-state index contributed by atoms with van der Waals surface area (Å²) in [5, 5.41) is 21.2. The zero-order chi connectivity index (χ0) is 17.9. The second kappa shape index (κ2) is 7.74. The smallest absolute Gasteiger partial charge is 0.315 e. The van der Waals surface area contributed by atoms with Crippen LogP contribution in [0.25, 0.3) is 0 Å². The average molecular weight is 371 g/mol. The molecular formula is C15H16Cl2N4O3. The normalized spacial score (nSPS) is 10.7. The van der Waals surface area contributed by atoms with E-state index in [1.54, 1.807) is 30.9 Å². The fourth-order valence-electron chi connectivity index (χ4n) is 2.25. The quantitative estimate of drug-likeness (QED) is 0.471. The van der Waals surface area contributed by atoms with Crippen LogP contribution in [0.1, 0.15) is 17.5 Å². The van der Waals surface area contributed by atoms with Gasteiger partial charge in [0.05, 0.1) is 16.8 Å². The van der Waals surface area contributed by atoms with E-state index in [-0.39, 0.29) is 23.3 Å². The van der Waals surface area contributed by atoms with Crippen LogP contribution in [0.2, 0.25) is 10.3 Å². The maximum absolute atomic E-state index is 11.6. The molecule has 0 aliphatic rings. The zero-order valence-corrected chi connectivity index (χ0v) is 14.7. The lowest BCUT2D eigenvalue weighted by atomic mass is 10.1. The molecule has 2 heterocycles. The predicted molar refractivity (Wildman–Crippen MR) is 93.3 cm³/mol. The van der Waals surface area contributed by atoms with E-state index in [1.807, 2.05) is 0 Å². The van der Waals surface area contributed by atoms with Crippen LogP contribution in [0.5, 0.6) is 0 Å². The van der Waals surface area contributed by atoms with Crippen molar-refractivity contribution in [2.75, 3.05) is 18.1 Å². The van der Waals surface area contributed by atoms with Crippen LogP contribution in [-0.2, 0) is 0 Å². The van der Waals surface area contributed by atoms with Crippen LogP contribution in [-0.4, -0.2) is 33.1 Å². The summed E-state index contributed by atoms with van der Waals surface area (Å²) < 4.78 is 0. The van der Waals surface area contributed by atoms with Gasteiger partial charge in [-0.3, -0.25) is 10.1 Å². The van der Waals surface area contributed by atoms with E-state index in [2.05, 4.69) is 9.97 Å². The third-order valence-electron chi connectivity index (χ3n) is 3.64. The molecule has 0 radical (unpaired) electrons. The number of hydrogen-bond donors (Lipinski definition) is 1. The Kier molecular flexibility index (Phi) is 5.93. The summed E-state index contributed by atoms with van der Waals surface area (Å²) in [7, 11) is 0. The van der Waals surface area contributed by atoms with Gasteiger partial charge in [0.25, 0.3) is 0 Å². The molecule has 0 atom stereocenters. The Morgan fingerprint density at radius 3 is 2.54 bits per heavy atom. The molecule has 2 aromatic heterocycles.